The van der Waals surface area contributed by atoms with Crippen LogP contribution in [-0.4, -0.2) is 72.0 Å². The Morgan fingerprint density at radius 2 is 1.72 bits per heavy atom. The second kappa shape index (κ2) is 13.2. The molecule has 216 valence electrons. The second-order valence-corrected chi connectivity index (χ2v) is 12.0. The van der Waals surface area contributed by atoms with Crippen LogP contribution in [0.15, 0.2) is 29.4 Å². The molecular weight excluding hydrogens is 498 g/mol. The van der Waals surface area contributed by atoms with Gasteiger partial charge in [-0.05, 0) is 111 Å². The highest BCUT2D eigenvalue weighted by molar-refractivity contribution is 6.01. The molecule has 1 fully saturated rings. The molecule has 0 spiro atoms. The lowest BCUT2D eigenvalue weighted by Gasteiger charge is -2.22. The fourth-order valence-corrected chi connectivity index (χ4v) is 4.41. The van der Waals surface area contributed by atoms with Crippen LogP contribution in [0.25, 0.3) is 10.9 Å². The summed E-state index contributed by atoms with van der Waals surface area (Å²) in [5.74, 6) is 0.822. The molecule has 1 aliphatic heterocycles. The van der Waals surface area contributed by atoms with Gasteiger partial charge in [0.25, 0.3) is 0 Å². The van der Waals surface area contributed by atoms with E-state index in [2.05, 4.69) is 50.9 Å². The predicted molar refractivity (Wildman–Crippen MR) is 153 cm³/mol. The maximum absolute atomic E-state index is 12.2. The Labute approximate surface area is 231 Å². The van der Waals surface area contributed by atoms with Crippen molar-refractivity contribution in [3.8, 4) is 5.75 Å². The summed E-state index contributed by atoms with van der Waals surface area (Å²) in [6.45, 7) is 12.6. The van der Waals surface area contributed by atoms with E-state index in [0.29, 0.717) is 25.6 Å². The number of guanidine groups is 1. The Balaban J connectivity index is 1.50. The van der Waals surface area contributed by atoms with Crippen molar-refractivity contribution >= 4 is 29.0 Å². The summed E-state index contributed by atoms with van der Waals surface area (Å²) in [7, 11) is 2.20. The van der Waals surface area contributed by atoms with Gasteiger partial charge in [-0.3, -0.25) is 15.6 Å². The van der Waals surface area contributed by atoms with Crippen LogP contribution in [0.1, 0.15) is 72.8 Å². The van der Waals surface area contributed by atoms with Gasteiger partial charge in [0.1, 0.15) is 17.0 Å². The minimum absolute atomic E-state index is 0.0160. The number of aliphatic imine (C=N–C) groups is 1. The van der Waals surface area contributed by atoms with E-state index in [-0.39, 0.29) is 5.96 Å². The standard InChI is InChI=1S/C29H45N5O5/c1-28(2,3)38-26(35)32-25(33-27(36)39-29(4,5)6)30-14-8-9-16-37-22-12-13-24-23(18-22)20(19-31-24)17-21-11-10-15-34(21)7/h12-13,18-19,21,31H,8-11,14-17H2,1-7H3,(H2,30,32,33,35,36). The first-order valence-corrected chi connectivity index (χ1v) is 13.8. The highest BCUT2D eigenvalue weighted by Gasteiger charge is 2.23. The molecule has 3 rings (SSSR count). The average molecular weight is 544 g/mol. The quantitative estimate of drug-likeness (QED) is 0.234. The van der Waals surface area contributed by atoms with Gasteiger partial charge in [-0.25, -0.2) is 9.59 Å². The number of carbonyl (C=O) groups excluding carboxylic acids is 2. The Morgan fingerprint density at radius 1 is 1.05 bits per heavy atom. The van der Waals surface area contributed by atoms with E-state index < -0.39 is 23.4 Å². The minimum Gasteiger partial charge on any atom is -0.494 e. The monoisotopic (exact) mass is 543 g/mol. The van der Waals surface area contributed by atoms with Crippen molar-refractivity contribution < 1.29 is 23.8 Å². The van der Waals surface area contributed by atoms with Crippen molar-refractivity contribution in [3.05, 3.63) is 30.0 Å². The third kappa shape index (κ3) is 10.4. The third-order valence-corrected chi connectivity index (χ3v) is 6.20. The number of fused-ring (bicyclic) bond motifs is 1. The molecule has 3 N–H and O–H groups in total. The number of benzene rings is 1. The number of carbonyl (C=O) groups is 2. The Bertz CT molecular complexity index is 1110. The number of aromatic nitrogens is 1. The van der Waals surface area contributed by atoms with Crippen LogP contribution in [-0.2, 0) is 15.9 Å². The number of H-pyrrole nitrogens is 1. The molecular formula is C29H45N5O5. The first-order valence-electron chi connectivity index (χ1n) is 13.8. The van der Waals surface area contributed by atoms with Gasteiger partial charge in [0.05, 0.1) is 6.61 Å². The van der Waals surface area contributed by atoms with Crippen LogP contribution in [0.4, 0.5) is 9.59 Å². The Kier molecular flexibility index (Phi) is 10.2. The van der Waals surface area contributed by atoms with Gasteiger partial charge in [-0.15, -0.1) is 0 Å². The molecule has 1 atom stereocenters. The minimum atomic E-state index is -0.709. The molecule has 10 heteroatoms. The van der Waals surface area contributed by atoms with Gasteiger partial charge in [-0.1, -0.05) is 0 Å². The fraction of sp³-hybridized carbons (Fsp3) is 0.621. The van der Waals surface area contributed by atoms with E-state index in [1.165, 1.54) is 30.3 Å². The van der Waals surface area contributed by atoms with Gasteiger partial charge in [-0.2, -0.15) is 0 Å². The molecule has 39 heavy (non-hydrogen) atoms. The number of likely N-dealkylation sites (N-methyl/N-ethyl adjacent to an activating group) is 1. The van der Waals surface area contributed by atoms with Crippen molar-refractivity contribution in [2.75, 3.05) is 26.7 Å². The number of alkyl carbamates (subject to hydrolysis) is 2. The molecule has 2 amide bonds. The molecule has 1 unspecified atom stereocenters. The van der Waals surface area contributed by atoms with E-state index in [9.17, 15) is 9.59 Å². The Hall–Kier alpha value is -3.27. The van der Waals surface area contributed by atoms with Crippen molar-refractivity contribution in [1.29, 1.82) is 0 Å². The highest BCUT2D eigenvalue weighted by Crippen LogP contribution is 2.27. The molecule has 1 aromatic carbocycles. The average Bonchev–Trinajstić information content (AvgIpc) is 3.39. The third-order valence-electron chi connectivity index (χ3n) is 6.20. The normalized spacial score (nSPS) is 16.1. The molecule has 1 aliphatic rings. The molecule has 0 radical (unpaired) electrons. The maximum Gasteiger partial charge on any atom is 0.414 e. The van der Waals surface area contributed by atoms with Gasteiger partial charge in [0.15, 0.2) is 0 Å². The van der Waals surface area contributed by atoms with Crippen LogP contribution in [0.3, 0.4) is 0 Å². The van der Waals surface area contributed by atoms with Crippen molar-refractivity contribution in [2.24, 2.45) is 4.99 Å². The number of nitrogens with zero attached hydrogens (tertiary/aromatic N) is 2. The first kappa shape index (κ1) is 30.3. The van der Waals surface area contributed by atoms with E-state index in [1.54, 1.807) is 41.5 Å². The van der Waals surface area contributed by atoms with Crippen LogP contribution in [0.2, 0.25) is 0 Å². The van der Waals surface area contributed by atoms with E-state index in [0.717, 1.165) is 24.1 Å². The smallest absolute Gasteiger partial charge is 0.414 e. The number of amides is 2. The van der Waals surface area contributed by atoms with Gasteiger partial charge in [0, 0.05) is 29.7 Å². The summed E-state index contributed by atoms with van der Waals surface area (Å²) in [5, 5.41) is 6.20. The number of aromatic amines is 1. The van der Waals surface area contributed by atoms with Crippen molar-refractivity contribution in [3.63, 3.8) is 0 Å². The largest absolute Gasteiger partial charge is 0.494 e. The summed E-state index contributed by atoms with van der Waals surface area (Å²) in [6, 6.07) is 6.75. The van der Waals surface area contributed by atoms with Crippen molar-refractivity contribution in [1.82, 2.24) is 20.5 Å². The SMILES string of the molecule is CN1CCCC1Cc1c[nH]c2ccc(OCCCCN=C(NC(=O)OC(C)(C)C)NC(=O)OC(C)(C)C)cc12. The molecule has 0 bridgehead atoms. The van der Waals surface area contributed by atoms with Gasteiger partial charge < -0.3 is 24.1 Å². The summed E-state index contributed by atoms with van der Waals surface area (Å²) < 4.78 is 16.6. The number of nitrogens with one attached hydrogen (secondary N) is 3. The summed E-state index contributed by atoms with van der Waals surface area (Å²) in [4.78, 5) is 34.6. The summed E-state index contributed by atoms with van der Waals surface area (Å²) in [5.41, 5.74) is 1.08. The first-order chi connectivity index (χ1) is 18.3. The molecule has 0 aliphatic carbocycles. The zero-order valence-corrected chi connectivity index (χ0v) is 24.5. The lowest BCUT2D eigenvalue weighted by atomic mass is 10.0. The number of hydrogen-bond donors (Lipinski definition) is 3. The predicted octanol–water partition coefficient (Wildman–Crippen LogP) is 5.37. The fourth-order valence-electron chi connectivity index (χ4n) is 4.41. The Morgan fingerprint density at radius 3 is 2.31 bits per heavy atom. The number of hydrogen-bond acceptors (Lipinski definition) is 7. The summed E-state index contributed by atoms with van der Waals surface area (Å²) in [6.07, 6.45) is 5.69. The molecule has 1 aromatic heterocycles. The van der Waals surface area contributed by atoms with Gasteiger partial charge >= 0.3 is 12.2 Å². The molecule has 0 saturated carbocycles. The molecule has 2 aromatic rings. The second-order valence-electron chi connectivity index (χ2n) is 12.0. The number of likely N-dealkylation sites (tertiary alicyclic amines) is 1. The lowest BCUT2D eigenvalue weighted by Crippen LogP contribution is -2.47. The van der Waals surface area contributed by atoms with Crippen LogP contribution in [0.5, 0.6) is 5.75 Å². The van der Waals surface area contributed by atoms with E-state index >= 15 is 0 Å². The maximum atomic E-state index is 12.2. The van der Waals surface area contributed by atoms with Gasteiger partial charge in [0.2, 0.25) is 5.96 Å². The highest BCUT2D eigenvalue weighted by atomic mass is 16.6. The molecule has 2 heterocycles. The zero-order chi connectivity index (χ0) is 28.6. The van der Waals surface area contributed by atoms with Crippen LogP contribution in [0, 0.1) is 0 Å². The van der Waals surface area contributed by atoms with Crippen LogP contribution < -0.4 is 15.4 Å². The zero-order valence-electron chi connectivity index (χ0n) is 24.5. The van der Waals surface area contributed by atoms with E-state index in [1.807, 2.05) is 6.07 Å². The van der Waals surface area contributed by atoms with E-state index in [4.69, 9.17) is 14.2 Å². The summed E-state index contributed by atoms with van der Waals surface area (Å²) >= 11 is 0. The molecule has 10 nitrogen and oxygen atoms in total. The lowest BCUT2D eigenvalue weighted by molar-refractivity contribution is 0.0545. The number of ether oxygens (including phenoxy) is 3. The molecule has 1 saturated heterocycles. The number of rotatable bonds is 8. The topological polar surface area (TPSA) is 117 Å². The van der Waals surface area contributed by atoms with Crippen molar-refractivity contribution in [2.45, 2.75) is 90.9 Å². The van der Waals surface area contributed by atoms with Crippen LogP contribution >= 0.6 is 0 Å². The number of unbranched alkanes of at least 4 members (excludes halogenated alkanes) is 1.